The molecule has 3 heterocycles. The van der Waals surface area contributed by atoms with Crippen LogP contribution in [0.3, 0.4) is 0 Å². The van der Waals surface area contributed by atoms with Crippen molar-refractivity contribution in [3.8, 4) is 22.9 Å². The van der Waals surface area contributed by atoms with Crippen LogP contribution in [0.15, 0.2) is 36.5 Å². The maximum atomic E-state index is 10.4. The first kappa shape index (κ1) is 12.2. The number of rotatable bonds is 1. The van der Waals surface area contributed by atoms with Crippen LogP contribution < -0.4 is 9.47 Å². The van der Waals surface area contributed by atoms with E-state index in [2.05, 4.69) is 9.55 Å². The largest absolute Gasteiger partial charge is 0.497 e. The van der Waals surface area contributed by atoms with Crippen molar-refractivity contribution in [2.75, 3.05) is 7.11 Å². The van der Waals surface area contributed by atoms with Gasteiger partial charge in [-0.25, -0.2) is 4.98 Å². The Morgan fingerprint density at radius 3 is 3.00 bits per heavy atom. The summed E-state index contributed by atoms with van der Waals surface area (Å²) >= 11 is 0. The number of ether oxygens (including phenoxy) is 2. The highest BCUT2D eigenvalue weighted by molar-refractivity contribution is 5.94. The number of nitrogens with zero attached hydrogens (tertiary/aromatic N) is 2. The summed E-state index contributed by atoms with van der Waals surface area (Å²) in [5.74, 6) is 1.20. The van der Waals surface area contributed by atoms with Gasteiger partial charge in [0.2, 0.25) is 12.2 Å². The Morgan fingerprint density at radius 1 is 1.33 bits per heavy atom. The third-order valence-corrected chi connectivity index (χ3v) is 3.94. The first-order valence-corrected chi connectivity index (χ1v) is 6.67. The lowest BCUT2D eigenvalue weighted by atomic mass is 10.0. The normalized spacial score (nSPS) is 16.2. The summed E-state index contributed by atoms with van der Waals surface area (Å²) in [4.78, 5) is 4.19. The molecule has 5 nitrogen and oxygen atoms in total. The van der Waals surface area contributed by atoms with Crippen molar-refractivity contribution in [2.45, 2.75) is 6.29 Å². The van der Waals surface area contributed by atoms with Crippen LogP contribution in [-0.4, -0.2) is 21.8 Å². The van der Waals surface area contributed by atoms with Crippen molar-refractivity contribution < 1.29 is 14.6 Å². The van der Waals surface area contributed by atoms with Crippen LogP contribution in [0.25, 0.3) is 22.2 Å². The molecule has 0 spiro atoms. The van der Waals surface area contributed by atoms with E-state index in [-0.39, 0.29) is 0 Å². The van der Waals surface area contributed by atoms with Crippen molar-refractivity contribution in [3.05, 3.63) is 42.1 Å². The molecule has 1 aliphatic heterocycles. The van der Waals surface area contributed by atoms with E-state index in [9.17, 15) is 5.11 Å². The highest BCUT2D eigenvalue weighted by Crippen LogP contribution is 2.45. The number of benzene rings is 1. The second-order valence-electron chi connectivity index (χ2n) is 5.03. The Balaban J connectivity index is 2.12. The van der Waals surface area contributed by atoms with Crippen molar-refractivity contribution in [2.24, 2.45) is 7.05 Å². The molecule has 0 fully saturated rings. The molecule has 0 radical (unpaired) electrons. The number of aryl methyl sites for hydroxylation is 1. The highest BCUT2D eigenvalue weighted by Gasteiger charge is 2.31. The molecule has 1 atom stereocenters. The van der Waals surface area contributed by atoms with Crippen LogP contribution in [0.4, 0.5) is 0 Å². The average Bonchev–Trinajstić information content (AvgIpc) is 2.81. The van der Waals surface area contributed by atoms with Crippen molar-refractivity contribution >= 4 is 10.9 Å². The molecule has 0 saturated heterocycles. The summed E-state index contributed by atoms with van der Waals surface area (Å²) in [5.41, 5.74) is 3.59. The van der Waals surface area contributed by atoms with Crippen LogP contribution >= 0.6 is 0 Å². The zero-order valence-corrected chi connectivity index (χ0v) is 11.7. The predicted molar refractivity (Wildman–Crippen MR) is 78.3 cm³/mol. The Hall–Kier alpha value is -2.53. The van der Waals surface area contributed by atoms with Crippen molar-refractivity contribution in [1.82, 2.24) is 9.55 Å². The molecule has 106 valence electrons. The van der Waals surface area contributed by atoms with Gasteiger partial charge >= 0.3 is 0 Å². The zero-order chi connectivity index (χ0) is 14.6. The Bertz CT molecular complexity index is 854. The average molecular weight is 282 g/mol. The Kier molecular flexibility index (Phi) is 2.46. The van der Waals surface area contributed by atoms with Crippen LogP contribution in [0.2, 0.25) is 0 Å². The molecule has 1 N–H and O–H groups in total. The molecule has 1 aliphatic rings. The minimum absolute atomic E-state index is 0.454. The minimum Gasteiger partial charge on any atom is -0.497 e. The molecule has 21 heavy (non-hydrogen) atoms. The zero-order valence-electron chi connectivity index (χ0n) is 11.7. The molecule has 0 saturated carbocycles. The number of hydrogen-bond acceptors (Lipinski definition) is 4. The number of pyridine rings is 1. The molecular formula is C16H14N2O3. The number of methoxy groups -OCH3 is 1. The van der Waals surface area contributed by atoms with Gasteiger partial charge in [-0.15, -0.1) is 0 Å². The van der Waals surface area contributed by atoms with Crippen LogP contribution in [0.1, 0.15) is 11.9 Å². The fraction of sp³-hybridized carbons (Fsp3) is 0.188. The quantitative estimate of drug-likeness (QED) is 0.745. The van der Waals surface area contributed by atoms with E-state index in [1.54, 1.807) is 13.3 Å². The molecular weight excluding hydrogens is 268 g/mol. The van der Waals surface area contributed by atoms with Gasteiger partial charge < -0.3 is 19.1 Å². The van der Waals surface area contributed by atoms with Gasteiger partial charge in [0.15, 0.2) is 0 Å². The Labute approximate surface area is 121 Å². The summed E-state index contributed by atoms with van der Waals surface area (Å²) in [6.07, 6.45) is 0.626. The summed E-state index contributed by atoms with van der Waals surface area (Å²) < 4.78 is 12.9. The van der Waals surface area contributed by atoms with Gasteiger partial charge in [0.1, 0.15) is 5.75 Å². The molecule has 0 bridgehead atoms. The maximum absolute atomic E-state index is 10.4. The smallest absolute Gasteiger partial charge is 0.228 e. The van der Waals surface area contributed by atoms with Gasteiger partial charge in [0.05, 0.1) is 23.9 Å². The number of hydrogen-bond donors (Lipinski definition) is 1. The molecule has 2 aromatic heterocycles. The van der Waals surface area contributed by atoms with E-state index < -0.39 is 6.29 Å². The molecule has 1 unspecified atom stereocenters. The van der Waals surface area contributed by atoms with E-state index in [1.165, 1.54) is 0 Å². The number of fused-ring (bicyclic) bond motifs is 5. The van der Waals surface area contributed by atoms with E-state index >= 15 is 0 Å². The van der Waals surface area contributed by atoms with E-state index in [0.29, 0.717) is 5.88 Å². The van der Waals surface area contributed by atoms with Crippen LogP contribution in [0.5, 0.6) is 11.6 Å². The lowest BCUT2D eigenvalue weighted by Gasteiger charge is -2.22. The molecule has 3 aromatic rings. The second kappa shape index (κ2) is 4.23. The Morgan fingerprint density at radius 2 is 2.19 bits per heavy atom. The third kappa shape index (κ3) is 1.58. The molecule has 0 aliphatic carbocycles. The SMILES string of the molecule is COc1ccc2c(c1)c1c(n2C)-c2cccnc2OC1O. The van der Waals surface area contributed by atoms with Crippen molar-refractivity contribution in [3.63, 3.8) is 0 Å². The minimum atomic E-state index is -1.03. The van der Waals surface area contributed by atoms with E-state index in [1.807, 2.05) is 37.4 Å². The summed E-state index contributed by atoms with van der Waals surface area (Å²) in [6, 6.07) is 9.62. The van der Waals surface area contributed by atoms with E-state index in [0.717, 1.165) is 33.5 Å². The fourth-order valence-corrected chi connectivity index (χ4v) is 2.98. The maximum Gasteiger partial charge on any atom is 0.228 e. The van der Waals surface area contributed by atoms with Gasteiger partial charge in [0, 0.05) is 24.1 Å². The molecule has 5 heteroatoms. The number of aromatic nitrogens is 2. The first-order valence-electron chi connectivity index (χ1n) is 6.67. The van der Waals surface area contributed by atoms with Crippen LogP contribution in [-0.2, 0) is 7.05 Å². The summed E-state index contributed by atoms with van der Waals surface area (Å²) in [5, 5.41) is 11.3. The van der Waals surface area contributed by atoms with Gasteiger partial charge in [-0.05, 0) is 30.3 Å². The monoisotopic (exact) mass is 282 g/mol. The van der Waals surface area contributed by atoms with Gasteiger partial charge in [-0.1, -0.05) is 0 Å². The lowest BCUT2D eigenvalue weighted by Crippen LogP contribution is -2.14. The van der Waals surface area contributed by atoms with Crippen LogP contribution in [0, 0.1) is 0 Å². The lowest BCUT2D eigenvalue weighted by molar-refractivity contribution is -0.0236. The molecule has 1 aromatic carbocycles. The third-order valence-electron chi connectivity index (χ3n) is 3.94. The number of aliphatic hydroxyl groups excluding tert-OH is 1. The highest BCUT2D eigenvalue weighted by atomic mass is 16.6. The van der Waals surface area contributed by atoms with Gasteiger partial charge in [-0.3, -0.25) is 0 Å². The standard InChI is InChI=1S/C16H14N2O3/c1-18-12-6-5-9(20-2)8-11(12)13-14(18)10-4-3-7-17-15(10)21-16(13)19/h3-8,16,19H,1-2H3. The second-order valence-corrected chi connectivity index (χ2v) is 5.03. The summed E-state index contributed by atoms with van der Waals surface area (Å²) in [6.45, 7) is 0. The number of aliphatic hydroxyl groups is 1. The predicted octanol–water partition coefficient (Wildman–Crippen LogP) is 2.63. The van der Waals surface area contributed by atoms with Gasteiger partial charge in [-0.2, -0.15) is 0 Å². The summed E-state index contributed by atoms with van der Waals surface area (Å²) in [7, 11) is 3.60. The first-order chi connectivity index (χ1) is 10.2. The molecule has 0 amide bonds. The van der Waals surface area contributed by atoms with Crippen molar-refractivity contribution in [1.29, 1.82) is 0 Å². The van der Waals surface area contributed by atoms with Gasteiger partial charge in [0.25, 0.3) is 0 Å². The fourth-order valence-electron chi connectivity index (χ4n) is 2.98. The molecule has 4 rings (SSSR count). The van der Waals surface area contributed by atoms with E-state index in [4.69, 9.17) is 9.47 Å². The topological polar surface area (TPSA) is 56.5 Å².